The van der Waals surface area contributed by atoms with Crippen molar-refractivity contribution in [3.05, 3.63) is 60.4 Å². The third kappa shape index (κ3) is 6.86. The SMILES string of the molecule is CNSc1ccc(SC)c(Nc2cc(Nc3ccc(C(=O)NCCOC)cc3)ncn2)c1. The smallest absolute Gasteiger partial charge is 0.251 e. The van der Waals surface area contributed by atoms with Crippen molar-refractivity contribution in [1.82, 2.24) is 20.0 Å². The molecule has 2 aromatic carbocycles. The highest BCUT2D eigenvalue weighted by molar-refractivity contribution is 7.98. The fourth-order valence-electron chi connectivity index (χ4n) is 2.82. The minimum atomic E-state index is -0.134. The Labute approximate surface area is 196 Å². The summed E-state index contributed by atoms with van der Waals surface area (Å²) in [5, 5.41) is 9.43. The Kier molecular flexibility index (Phi) is 9.17. The lowest BCUT2D eigenvalue weighted by Gasteiger charge is -2.13. The third-order valence-electron chi connectivity index (χ3n) is 4.33. The average Bonchev–Trinajstić information content (AvgIpc) is 2.80. The van der Waals surface area contributed by atoms with Crippen LogP contribution in [0.3, 0.4) is 0 Å². The molecular formula is C22H26N6O2S2. The van der Waals surface area contributed by atoms with E-state index in [-0.39, 0.29) is 5.91 Å². The van der Waals surface area contributed by atoms with E-state index in [0.717, 1.165) is 21.2 Å². The van der Waals surface area contributed by atoms with Crippen LogP contribution in [0.25, 0.3) is 0 Å². The number of carbonyl (C=O) groups excluding carboxylic acids is 1. The second-order valence-electron chi connectivity index (χ2n) is 6.53. The summed E-state index contributed by atoms with van der Waals surface area (Å²) in [6.45, 7) is 0.952. The fraction of sp³-hybridized carbons (Fsp3) is 0.227. The number of carbonyl (C=O) groups is 1. The van der Waals surface area contributed by atoms with E-state index in [1.165, 1.54) is 6.33 Å². The van der Waals surface area contributed by atoms with Gasteiger partial charge in [-0.15, -0.1) is 11.8 Å². The Bertz CT molecular complexity index is 1030. The van der Waals surface area contributed by atoms with Crippen LogP contribution in [0, 0.1) is 0 Å². The molecule has 1 heterocycles. The molecule has 1 aromatic heterocycles. The molecule has 4 N–H and O–H groups in total. The summed E-state index contributed by atoms with van der Waals surface area (Å²) < 4.78 is 8.03. The number of hydrogen-bond donors (Lipinski definition) is 4. The Balaban J connectivity index is 1.68. The molecule has 0 fully saturated rings. The molecule has 3 rings (SSSR count). The first-order valence-corrected chi connectivity index (χ1v) is 11.9. The minimum Gasteiger partial charge on any atom is -0.383 e. The predicted octanol–water partition coefficient (Wildman–Crippen LogP) is 4.29. The maximum atomic E-state index is 12.1. The van der Waals surface area contributed by atoms with Crippen molar-refractivity contribution in [2.24, 2.45) is 0 Å². The molecule has 0 bridgehead atoms. The highest BCUT2D eigenvalue weighted by atomic mass is 32.2. The summed E-state index contributed by atoms with van der Waals surface area (Å²) in [6.07, 6.45) is 3.55. The molecule has 0 saturated heterocycles. The fourth-order valence-corrected chi connectivity index (χ4v) is 3.90. The van der Waals surface area contributed by atoms with Crippen LogP contribution in [0.4, 0.5) is 23.0 Å². The number of nitrogens with zero attached hydrogens (tertiary/aromatic N) is 2. The van der Waals surface area contributed by atoms with Gasteiger partial charge in [-0.05, 0) is 67.7 Å². The van der Waals surface area contributed by atoms with E-state index in [0.29, 0.717) is 30.4 Å². The lowest BCUT2D eigenvalue weighted by molar-refractivity contribution is 0.0937. The number of ether oxygens (including phenoxy) is 1. The summed E-state index contributed by atoms with van der Waals surface area (Å²) in [7, 11) is 3.49. The number of benzene rings is 2. The van der Waals surface area contributed by atoms with Gasteiger partial charge >= 0.3 is 0 Å². The number of rotatable bonds is 11. The first-order chi connectivity index (χ1) is 15.6. The molecule has 0 unspecified atom stereocenters. The van der Waals surface area contributed by atoms with E-state index in [1.807, 2.05) is 31.5 Å². The maximum absolute atomic E-state index is 12.1. The molecule has 3 aromatic rings. The summed E-state index contributed by atoms with van der Waals surface area (Å²) in [6, 6.07) is 15.3. The van der Waals surface area contributed by atoms with Gasteiger partial charge in [0.25, 0.3) is 5.91 Å². The molecule has 1 amide bonds. The molecular weight excluding hydrogens is 444 g/mol. The van der Waals surface area contributed by atoms with E-state index in [2.05, 4.69) is 48.8 Å². The standard InChI is InChI=1S/C22H26N6O2S2/c1-23-32-17-8-9-19(31-3)18(12-17)28-21-13-20(25-14-26-21)27-16-6-4-15(5-7-16)22(29)24-10-11-30-2/h4-9,12-14,23H,10-11H2,1-3H3,(H,24,29)(H2,25,26,27,28). The molecule has 32 heavy (non-hydrogen) atoms. The Hall–Kier alpha value is -2.79. The number of amides is 1. The summed E-state index contributed by atoms with van der Waals surface area (Å²) in [5.41, 5.74) is 2.38. The molecule has 0 spiro atoms. The normalized spacial score (nSPS) is 10.6. The molecule has 0 radical (unpaired) electrons. The maximum Gasteiger partial charge on any atom is 0.251 e. The van der Waals surface area contributed by atoms with Crippen LogP contribution in [0.5, 0.6) is 0 Å². The van der Waals surface area contributed by atoms with Gasteiger partial charge in [-0.1, -0.05) is 0 Å². The van der Waals surface area contributed by atoms with E-state index in [4.69, 9.17) is 4.74 Å². The highest BCUT2D eigenvalue weighted by Gasteiger charge is 2.08. The quantitative estimate of drug-likeness (QED) is 0.186. The van der Waals surface area contributed by atoms with Crippen LogP contribution in [0.2, 0.25) is 0 Å². The van der Waals surface area contributed by atoms with Crippen LogP contribution < -0.4 is 20.7 Å². The first-order valence-electron chi connectivity index (χ1n) is 9.88. The van der Waals surface area contributed by atoms with Crippen LogP contribution in [-0.2, 0) is 4.74 Å². The molecule has 0 aliphatic carbocycles. The largest absolute Gasteiger partial charge is 0.383 e. The molecule has 0 aliphatic rings. The first kappa shape index (κ1) is 23.9. The number of hydrogen-bond acceptors (Lipinski definition) is 9. The lowest BCUT2D eigenvalue weighted by atomic mass is 10.2. The van der Waals surface area contributed by atoms with Crippen molar-refractivity contribution in [3.8, 4) is 0 Å². The number of anilines is 4. The van der Waals surface area contributed by atoms with Gasteiger partial charge in [0, 0.05) is 40.8 Å². The zero-order valence-electron chi connectivity index (χ0n) is 18.1. The molecule has 0 atom stereocenters. The van der Waals surface area contributed by atoms with Gasteiger partial charge in [0.15, 0.2) is 0 Å². The Morgan fingerprint density at radius 3 is 2.47 bits per heavy atom. The average molecular weight is 471 g/mol. The summed E-state index contributed by atoms with van der Waals surface area (Å²) in [5.74, 6) is 1.19. The van der Waals surface area contributed by atoms with Gasteiger partial charge in [-0.25, -0.2) is 9.97 Å². The van der Waals surface area contributed by atoms with Crippen LogP contribution in [0.1, 0.15) is 10.4 Å². The molecule has 0 saturated carbocycles. The monoisotopic (exact) mass is 470 g/mol. The molecule has 0 aliphatic heterocycles. The van der Waals surface area contributed by atoms with Gasteiger partial charge in [0.2, 0.25) is 0 Å². The lowest BCUT2D eigenvalue weighted by Crippen LogP contribution is -2.26. The van der Waals surface area contributed by atoms with Gasteiger partial charge in [-0.2, -0.15) is 0 Å². The van der Waals surface area contributed by atoms with E-state index in [1.54, 1.807) is 43.0 Å². The van der Waals surface area contributed by atoms with Gasteiger partial charge in [0.1, 0.15) is 18.0 Å². The van der Waals surface area contributed by atoms with Gasteiger partial charge in [-0.3, -0.25) is 9.52 Å². The van der Waals surface area contributed by atoms with E-state index >= 15 is 0 Å². The summed E-state index contributed by atoms with van der Waals surface area (Å²) >= 11 is 3.22. The van der Waals surface area contributed by atoms with E-state index in [9.17, 15) is 4.79 Å². The Morgan fingerprint density at radius 2 is 1.78 bits per heavy atom. The highest BCUT2D eigenvalue weighted by Crippen LogP contribution is 2.31. The predicted molar refractivity (Wildman–Crippen MR) is 132 cm³/mol. The number of nitrogens with one attached hydrogen (secondary N) is 4. The second kappa shape index (κ2) is 12.3. The number of methoxy groups -OCH3 is 1. The zero-order valence-corrected chi connectivity index (χ0v) is 19.8. The molecule has 10 heteroatoms. The van der Waals surface area contributed by atoms with Crippen molar-refractivity contribution >= 4 is 52.6 Å². The van der Waals surface area contributed by atoms with Crippen LogP contribution >= 0.6 is 23.7 Å². The molecule has 8 nitrogen and oxygen atoms in total. The van der Waals surface area contributed by atoms with Gasteiger partial charge < -0.3 is 20.7 Å². The van der Waals surface area contributed by atoms with Gasteiger partial charge in [0.05, 0.1) is 12.3 Å². The van der Waals surface area contributed by atoms with Crippen LogP contribution in [0.15, 0.2) is 64.6 Å². The summed E-state index contributed by atoms with van der Waals surface area (Å²) in [4.78, 5) is 23.0. The topological polar surface area (TPSA) is 100 Å². The van der Waals surface area contributed by atoms with Crippen molar-refractivity contribution < 1.29 is 9.53 Å². The zero-order chi connectivity index (χ0) is 22.8. The van der Waals surface area contributed by atoms with Crippen molar-refractivity contribution in [2.75, 3.05) is 44.2 Å². The number of thioether (sulfide) groups is 1. The second-order valence-corrected chi connectivity index (χ2v) is 8.46. The van der Waals surface area contributed by atoms with E-state index < -0.39 is 0 Å². The van der Waals surface area contributed by atoms with Crippen molar-refractivity contribution in [1.29, 1.82) is 0 Å². The Morgan fingerprint density at radius 1 is 1.03 bits per heavy atom. The third-order valence-corrected chi connectivity index (χ3v) is 5.82. The van der Waals surface area contributed by atoms with Crippen LogP contribution in [-0.4, -0.2) is 49.4 Å². The minimum absolute atomic E-state index is 0.134. The van der Waals surface area contributed by atoms with Crippen molar-refractivity contribution in [2.45, 2.75) is 9.79 Å². The van der Waals surface area contributed by atoms with Crippen molar-refractivity contribution in [3.63, 3.8) is 0 Å². The number of aromatic nitrogens is 2. The molecule has 168 valence electrons.